The SMILES string of the molecule is COC(=O)C1CCN(C(=O)c2ccc(N)cc2Cl)C1. The van der Waals surface area contributed by atoms with E-state index in [9.17, 15) is 9.59 Å². The van der Waals surface area contributed by atoms with Crippen molar-refractivity contribution in [2.75, 3.05) is 25.9 Å². The van der Waals surface area contributed by atoms with Crippen LogP contribution in [0.15, 0.2) is 18.2 Å². The van der Waals surface area contributed by atoms with Gasteiger partial charge in [-0.3, -0.25) is 9.59 Å². The molecule has 1 aromatic rings. The molecule has 0 aromatic heterocycles. The first-order chi connectivity index (χ1) is 9.02. The van der Waals surface area contributed by atoms with Gasteiger partial charge in [0, 0.05) is 18.8 Å². The van der Waals surface area contributed by atoms with Gasteiger partial charge < -0.3 is 15.4 Å². The van der Waals surface area contributed by atoms with Crippen molar-refractivity contribution in [1.29, 1.82) is 0 Å². The van der Waals surface area contributed by atoms with Gasteiger partial charge in [0.1, 0.15) is 0 Å². The van der Waals surface area contributed by atoms with Crippen LogP contribution in [-0.2, 0) is 9.53 Å². The van der Waals surface area contributed by atoms with Crippen molar-refractivity contribution in [3.8, 4) is 0 Å². The lowest BCUT2D eigenvalue weighted by molar-refractivity contribution is -0.144. The zero-order chi connectivity index (χ0) is 14.0. The molecule has 1 saturated heterocycles. The molecular formula is C13H15ClN2O3. The summed E-state index contributed by atoms with van der Waals surface area (Å²) in [6.07, 6.45) is 0.616. The van der Waals surface area contributed by atoms with Crippen molar-refractivity contribution in [1.82, 2.24) is 4.90 Å². The highest BCUT2D eigenvalue weighted by Gasteiger charge is 2.32. The molecule has 0 spiro atoms. The fraction of sp³-hybridized carbons (Fsp3) is 0.385. The van der Waals surface area contributed by atoms with Crippen molar-refractivity contribution in [3.63, 3.8) is 0 Å². The van der Waals surface area contributed by atoms with E-state index in [4.69, 9.17) is 17.3 Å². The minimum atomic E-state index is -0.279. The number of benzene rings is 1. The van der Waals surface area contributed by atoms with Crippen LogP contribution in [0.3, 0.4) is 0 Å². The fourth-order valence-corrected chi connectivity index (χ4v) is 2.45. The summed E-state index contributed by atoms with van der Waals surface area (Å²) in [5.41, 5.74) is 6.50. The molecule has 0 saturated carbocycles. The lowest BCUT2D eigenvalue weighted by Gasteiger charge is -2.17. The second-order valence-electron chi connectivity index (χ2n) is 4.50. The number of rotatable bonds is 2. The minimum absolute atomic E-state index is 0.184. The number of likely N-dealkylation sites (tertiary alicyclic amines) is 1. The Morgan fingerprint density at radius 1 is 1.47 bits per heavy atom. The highest BCUT2D eigenvalue weighted by Crippen LogP contribution is 2.24. The Morgan fingerprint density at radius 3 is 2.84 bits per heavy atom. The number of methoxy groups -OCH3 is 1. The number of hydrogen-bond donors (Lipinski definition) is 1. The molecule has 0 radical (unpaired) electrons. The Hall–Kier alpha value is -1.75. The third kappa shape index (κ3) is 2.81. The Bertz CT molecular complexity index is 519. The maximum absolute atomic E-state index is 12.3. The number of nitrogen functional groups attached to an aromatic ring is 1. The van der Waals surface area contributed by atoms with Gasteiger partial charge in [-0.15, -0.1) is 0 Å². The summed E-state index contributed by atoms with van der Waals surface area (Å²) < 4.78 is 4.69. The fourth-order valence-electron chi connectivity index (χ4n) is 2.18. The van der Waals surface area contributed by atoms with Crippen molar-refractivity contribution < 1.29 is 14.3 Å². The normalized spacial score (nSPS) is 18.4. The van der Waals surface area contributed by atoms with Crippen molar-refractivity contribution >= 4 is 29.2 Å². The third-order valence-electron chi connectivity index (χ3n) is 3.23. The number of ether oxygens (including phenoxy) is 1. The highest BCUT2D eigenvalue weighted by atomic mass is 35.5. The van der Waals surface area contributed by atoms with Gasteiger partial charge >= 0.3 is 5.97 Å². The van der Waals surface area contributed by atoms with Crippen LogP contribution in [-0.4, -0.2) is 37.0 Å². The Balaban J connectivity index is 2.11. The van der Waals surface area contributed by atoms with Gasteiger partial charge in [0.05, 0.1) is 23.6 Å². The molecular weight excluding hydrogens is 268 g/mol. The monoisotopic (exact) mass is 282 g/mol. The molecule has 2 rings (SSSR count). The van der Waals surface area contributed by atoms with Gasteiger partial charge in [-0.25, -0.2) is 0 Å². The van der Waals surface area contributed by atoms with Crippen LogP contribution in [0, 0.1) is 5.92 Å². The minimum Gasteiger partial charge on any atom is -0.469 e. The average molecular weight is 283 g/mol. The predicted molar refractivity (Wildman–Crippen MR) is 71.9 cm³/mol. The lowest BCUT2D eigenvalue weighted by atomic mass is 10.1. The quantitative estimate of drug-likeness (QED) is 0.660. The van der Waals surface area contributed by atoms with Crippen LogP contribution in [0.4, 0.5) is 5.69 Å². The molecule has 1 unspecified atom stereocenters. The number of halogens is 1. The second-order valence-corrected chi connectivity index (χ2v) is 4.91. The number of carbonyl (C=O) groups is 2. The second kappa shape index (κ2) is 5.48. The highest BCUT2D eigenvalue weighted by molar-refractivity contribution is 6.34. The molecule has 1 aromatic carbocycles. The summed E-state index contributed by atoms with van der Waals surface area (Å²) in [5.74, 6) is -0.711. The molecule has 1 amide bonds. The smallest absolute Gasteiger partial charge is 0.310 e. The van der Waals surface area contributed by atoms with E-state index in [1.807, 2.05) is 0 Å². The number of anilines is 1. The molecule has 1 aliphatic heterocycles. The first-order valence-electron chi connectivity index (χ1n) is 5.95. The topological polar surface area (TPSA) is 72.6 Å². The summed E-state index contributed by atoms with van der Waals surface area (Å²) in [6, 6.07) is 4.78. The average Bonchev–Trinajstić information content (AvgIpc) is 2.86. The molecule has 1 fully saturated rings. The first kappa shape index (κ1) is 13.7. The van der Waals surface area contributed by atoms with Gasteiger partial charge in [-0.1, -0.05) is 11.6 Å². The van der Waals surface area contributed by atoms with Crippen LogP contribution in [0.1, 0.15) is 16.8 Å². The standard InChI is InChI=1S/C13H15ClN2O3/c1-19-13(18)8-4-5-16(7-8)12(17)10-3-2-9(15)6-11(10)14/h2-3,6,8H,4-5,7,15H2,1H3. The molecule has 1 heterocycles. The summed E-state index contributed by atoms with van der Waals surface area (Å²) in [6.45, 7) is 0.894. The molecule has 6 heteroatoms. The first-order valence-corrected chi connectivity index (χ1v) is 6.33. The van der Waals surface area contributed by atoms with E-state index in [2.05, 4.69) is 4.74 Å². The van der Waals surface area contributed by atoms with Crippen LogP contribution < -0.4 is 5.73 Å². The summed E-state index contributed by atoms with van der Waals surface area (Å²) in [4.78, 5) is 25.3. The summed E-state index contributed by atoms with van der Waals surface area (Å²) in [7, 11) is 1.35. The maximum Gasteiger partial charge on any atom is 0.310 e. The molecule has 5 nitrogen and oxygen atoms in total. The van der Waals surface area contributed by atoms with E-state index in [0.717, 1.165) is 0 Å². The van der Waals surface area contributed by atoms with E-state index in [1.165, 1.54) is 7.11 Å². The van der Waals surface area contributed by atoms with E-state index >= 15 is 0 Å². The molecule has 0 bridgehead atoms. The molecule has 0 aliphatic carbocycles. The zero-order valence-corrected chi connectivity index (χ0v) is 11.3. The van der Waals surface area contributed by atoms with Gasteiger partial charge in [0.2, 0.25) is 0 Å². The van der Waals surface area contributed by atoms with Gasteiger partial charge in [0.15, 0.2) is 0 Å². The van der Waals surface area contributed by atoms with Crippen molar-refractivity contribution in [2.45, 2.75) is 6.42 Å². The van der Waals surface area contributed by atoms with E-state index < -0.39 is 0 Å². The number of amides is 1. The summed E-state index contributed by atoms with van der Waals surface area (Å²) >= 11 is 6.01. The third-order valence-corrected chi connectivity index (χ3v) is 3.55. The summed E-state index contributed by atoms with van der Waals surface area (Å²) in [5, 5.41) is 0.325. The zero-order valence-electron chi connectivity index (χ0n) is 10.6. The maximum atomic E-state index is 12.3. The van der Waals surface area contributed by atoms with Crippen LogP contribution in [0.2, 0.25) is 5.02 Å². The van der Waals surface area contributed by atoms with Crippen LogP contribution in [0.5, 0.6) is 0 Å². The largest absolute Gasteiger partial charge is 0.469 e. The Labute approximate surface area is 116 Å². The van der Waals surface area contributed by atoms with Crippen molar-refractivity contribution in [2.24, 2.45) is 5.92 Å². The van der Waals surface area contributed by atoms with Crippen LogP contribution >= 0.6 is 11.6 Å². The molecule has 1 aliphatic rings. The van der Waals surface area contributed by atoms with Gasteiger partial charge in [0.25, 0.3) is 5.91 Å². The van der Waals surface area contributed by atoms with Gasteiger partial charge in [-0.2, -0.15) is 0 Å². The molecule has 19 heavy (non-hydrogen) atoms. The Kier molecular flexibility index (Phi) is 3.95. The predicted octanol–water partition coefficient (Wildman–Crippen LogP) is 1.56. The van der Waals surface area contributed by atoms with E-state index in [-0.39, 0.29) is 17.8 Å². The van der Waals surface area contributed by atoms with Crippen LogP contribution in [0.25, 0.3) is 0 Å². The molecule has 2 N–H and O–H groups in total. The van der Waals surface area contributed by atoms with E-state index in [1.54, 1.807) is 23.1 Å². The number of nitrogens with two attached hydrogens (primary N) is 1. The Morgan fingerprint density at radius 2 is 2.21 bits per heavy atom. The lowest BCUT2D eigenvalue weighted by Crippen LogP contribution is -2.30. The molecule has 1 atom stereocenters. The van der Waals surface area contributed by atoms with E-state index in [0.29, 0.717) is 35.8 Å². The van der Waals surface area contributed by atoms with Gasteiger partial charge in [-0.05, 0) is 24.6 Å². The molecule has 102 valence electrons. The van der Waals surface area contributed by atoms with Crippen molar-refractivity contribution in [3.05, 3.63) is 28.8 Å². The number of nitrogens with zero attached hydrogens (tertiary/aromatic N) is 1. The number of esters is 1. The number of hydrogen-bond acceptors (Lipinski definition) is 4. The number of carbonyl (C=O) groups excluding carboxylic acids is 2.